The van der Waals surface area contributed by atoms with Gasteiger partial charge in [0, 0.05) is 4.83 Å². The van der Waals surface area contributed by atoms with Gasteiger partial charge in [-0.15, -0.1) is 0 Å². The minimum absolute atomic E-state index is 0.863. The van der Waals surface area contributed by atoms with Gasteiger partial charge in [-0.25, -0.2) is 0 Å². The van der Waals surface area contributed by atoms with Crippen molar-refractivity contribution >= 4 is 15.9 Å². The summed E-state index contributed by atoms with van der Waals surface area (Å²) >= 11 is 3.45. The van der Waals surface area contributed by atoms with Gasteiger partial charge in [-0.05, 0) is 12.3 Å². The lowest BCUT2D eigenvalue weighted by Crippen LogP contribution is -1.59. The topological polar surface area (TPSA) is 0 Å². The van der Waals surface area contributed by atoms with E-state index in [4.69, 9.17) is 0 Å². The van der Waals surface area contributed by atoms with Crippen LogP contribution in [0.3, 0.4) is 0 Å². The molecule has 0 heterocycles. The molecular formula is C4H7Br. The summed E-state index contributed by atoms with van der Waals surface area (Å²) in [5, 5.41) is 0. The Morgan fingerprint density at radius 3 is 2.00 bits per heavy atom. The number of alkyl halides is 1. The van der Waals surface area contributed by atoms with Crippen molar-refractivity contribution in [3.05, 3.63) is 0 Å². The van der Waals surface area contributed by atoms with Gasteiger partial charge in [0.05, 0.1) is 0 Å². The molecule has 1 fully saturated rings. The normalized spacial score (nSPS) is 49.2. The first-order chi connectivity index (χ1) is 2.30. The molecule has 0 radical (unpaired) electrons. The molecule has 1 saturated carbocycles. The highest BCUT2D eigenvalue weighted by Gasteiger charge is 2.28. The minimum Gasteiger partial charge on any atom is -0.0888 e. The van der Waals surface area contributed by atoms with E-state index in [-0.39, 0.29) is 0 Å². The van der Waals surface area contributed by atoms with Crippen LogP contribution in [-0.4, -0.2) is 4.83 Å². The minimum atomic E-state index is 0.863. The van der Waals surface area contributed by atoms with Gasteiger partial charge in [0.1, 0.15) is 0 Å². The molecule has 0 spiro atoms. The van der Waals surface area contributed by atoms with Crippen LogP contribution in [0.2, 0.25) is 0 Å². The second-order valence-electron chi connectivity index (χ2n) is 1.73. The Morgan fingerprint density at radius 2 is 2.00 bits per heavy atom. The zero-order valence-corrected chi connectivity index (χ0v) is 4.83. The molecule has 5 heavy (non-hydrogen) atoms. The molecule has 2 atom stereocenters. The van der Waals surface area contributed by atoms with E-state index in [1.165, 1.54) is 6.42 Å². The first-order valence-corrected chi connectivity index (χ1v) is 2.86. The highest BCUT2D eigenvalue weighted by Crippen LogP contribution is 2.36. The summed E-state index contributed by atoms with van der Waals surface area (Å²) in [6.07, 6.45) is 1.39. The molecule has 0 aromatic carbocycles. The summed E-state index contributed by atoms with van der Waals surface area (Å²) in [6, 6.07) is 0. The Morgan fingerprint density at radius 1 is 1.80 bits per heavy atom. The highest BCUT2D eigenvalue weighted by molar-refractivity contribution is 9.09. The number of hydrogen-bond acceptors (Lipinski definition) is 0. The summed E-state index contributed by atoms with van der Waals surface area (Å²) in [4.78, 5) is 0.863. The number of halogens is 1. The predicted octanol–water partition coefficient (Wildman–Crippen LogP) is 1.79. The average Bonchev–Trinajstić information content (AvgIpc) is 1.79. The van der Waals surface area contributed by atoms with E-state index in [0.717, 1.165) is 10.7 Å². The summed E-state index contributed by atoms with van der Waals surface area (Å²) < 4.78 is 0. The standard InChI is InChI=1S/C4H7Br/c1-3-2-4(3)5/h3-4H,2H2,1H3. The molecular weight excluding hydrogens is 128 g/mol. The Bertz CT molecular complexity index is 36.9. The van der Waals surface area contributed by atoms with Gasteiger partial charge in [0.15, 0.2) is 0 Å². The third kappa shape index (κ3) is 0.656. The van der Waals surface area contributed by atoms with E-state index in [0.29, 0.717) is 0 Å². The Hall–Kier alpha value is 0.480. The highest BCUT2D eigenvalue weighted by atomic mass is 79.9. The second-order valence-corrected chi connectivity index (χ2v) is 2.91. The van der Waals surface area contributed by atoms with Crippen LogP contribution in [0.5, 0.6) is 0 Å². The van der Waals surface area contributed by atoms with Gasteiger partial charge >= 0.3 is 0 Å². The molecule has 1 aliphatic carbocycles. The zero-order chi connectivity index (χ0) is 3.86. The van der Waals surface area contributed by atoms with Crippen molar-refractivity contribution in [2.45, 2.75) is 18.2 Å². The Labute approximate surface area is 40.7 Å². The lowest BCUT2D eigenvalue weighted by molar-refractivity contribution is 0.991. The molecule has 0 nitrogen and oxygen atoms in total. The van der Waals surface area contributed by atoms with Crippen LogP contribution in [0, 0.1) is 5.92 Å². The van der Waals surface area contributed by atoms with E-state index in [2.05, 4.69) is 22.9 Å². The van der Waals surface area contributed by atoms with E-state index in [9.17, 15) is 0 Å². The quantitative estimate of drug-likeness (QED) is 0.444. The van der Waals surface area contributed by atoms with Crippen molar-refractivity contribution in [3.8, 4) is 0 Å². The van der Waals surface area contributed by atoms with Crippen LogP contribution in [0.15, 0.2) is 0 Å². The molecule has 0 N–H and O–H groups in total. The number of hydrogen-bond donors (Lipinski definition) is 0. The summed E-state index contributed by atoms with van der Waals surface area (Å²) in [5.74, 6) is 0.968. The van der Waals surface area contributed by atoms with Gasteiger partial charge in [0.2, 0.25) is 0 Å². The Kier molecular flexibility index (Phi) is 0.710. The summed E-state index contributed by atoms with van der Waals surface area (Å²) in [5.41, 5.74) is 0. The van der Waals surface area contributed by atoms with Crippen LogP contribution >= 0.6 is 15.9 Å². The van der Waals surface area contributed by atoms with Crippen LogP contribution in [0.1, 0.15) is 13.3 Å². The molecule has 1 heteroatoms. The van der Waals surface area contributed by atoms with Crippen molar-refractivity contribution in [2.75, 3.05) is 0 Å². The SMILES string of the molecule is CC1CC1Br. The van der Waals surface area contributed by atoms with Crippen molar-refractivity contribution < 1.29 is 0 Å². The largest absolute Gasteiger partial charge is 0.0888 e. The fourth-order valence-corrected chi connectivity index (χ4v) is 0.866. The molecule has 0 aliphatic heterocycles. The van der Waals surface area contributed by atoms with Crippen LogP contribution < -0.4 is 0 Å². The monoisotopic (exact) mass is 134 g/mol. The number of rotatable bonds is 0. The molecule has 30 valence electrons. The first-order valence-electron chi connectivity index (χ1n) is 1.95. The molecule has 2 unspecified atom stereocenters. The van der Waals surface area contributed by atoms with Gasteiger partial charge < -0.3 is 0 Å². The third-order valence-corrected chi connectivity index (χ3v) is 2.29. The molecule has 0 bridgehead atoms. The maximum absolute atomic E-state index is 3.45. The van der Waals surface area contributed by atoms with Gasteiger partial charge in [0.25, 0.3) is 0 Å². The smallest absolute Gasteiger partial charge is 0.0174 e. The van der Waals surface area contributed by atoms with Crippen LogP contribution in [0.25, 0.3) is 0 Å². The van der Waals surface area contributed by atoms with Gasteiger partial charge in [-0.1, -0.05) is 22.9 Å². The van der Waals surface area contributed by atoms with Crippen LogP contribution in [-0.2, 0) is 0 Å². The maximum atomic E-state index is 3.45. The lowest BCUT2D eigenvalue weighted by Gasteiger charge is -1.64. The van der Waals surface area contributed by atoms with E-state index in [1.54, 1.807) is 0 Å². The zero-order valence-electron chi connectivity index (χ0n) is 3.24. The van der Waals surface area contributed by atoms with Gasteiger partial charge in [-0.2, -0.15) is 0 Å². The second kappa shape index (κ2) is 0.970. The predicted molar refractivity (Wildman–Crippen MR) is 26.5 cm³/mol. The first kappa shape index (κ1) is 3.66. The molecule has 0 aromatic rings. The van der Waals surface area contributed by atoms with Crippen molar-refractivity contribution in [1.29, 1.82) is 0 Å². The fraction of sp³-hybridized carbons (Fsp3) is 1.00. The van der Waals surface area contributed by atoms with E-state index in [1.807, 2.05) is 0 Å². The Balaban J connectivity index is 2.20. The van der Waals surface area contributed by atoms with Crippen LogP contribution in [0.4, 0.5) is 0 Å². The van der Waals surface area contributed by atoms with E-state index < -0.39 is 0 Å². The van der Waals surface area contributed by atoms with Crippen molar-refractivity contribution in [1.82, 2.24) is 0 Å². The lowest BCUT2D eigenvalue weighted by atomic mass is 10.5. The van der Waals surface area contributed by atoms with Gasteiger partial charge in [-0.3, -0.25) is 0 Å². The maximum Gasteiger partial charge on any atom is 0.0174 e. The average molecular weight is 135 g/mol. The molecule has 1 rings (SSSR count). The van der Waals surface area contributed by atoms with Crippen molar-refractivity contribution in [3.63, 3.8) is 0 Å². The summed E-state index contributed by atoms with van der Waals surface area (Å²) in [6.45, 7) is 2.25. The van der Waals surface area contributed by atoms with Crippen molar-refractivity contribution in [2.24, 2.45) is 5.92 Å². The molecule has 0 amide bonds. The molecule has 0 saturated heterocycles. The molecule has 1 aliphatic rings. The summed E-state index contributed by atoms with van der Waals surface area (Å²) in [7, 11) is 0. The van der Waals surface area contributed by atoms with E-state index >= 15 is 0 Å². The fourth-order valence-electron chi connectivity index (χ4n) is 0.277. The molecule has 0 aromatic heterocycles. The third-order valence-electron chi connectivity index (χ3n) is 1.01.